The van der Waals surface area contributed by atoms with Crippen LogP contribution in [-0.4, -0.2) is 47.0 Å². The van der Waals surface area contributed by atoms with E-state index in [0.29, 0.717) is 22.1 Å². The molecular weight excluding hydrogens is 465 g/mol. The van der Waals surface area contributed by atoms with E-state index >= 15 is 0 Å². The molecule has 1 fully saturated rings. The van der Waals surface area contributed by atoms with Crippen molar-refractivity contribution in [3.05, 3.63) is 89.6 Å². The zero-order chi connectivity index (χ0) is 24.5. The van der Waals surface area contributed by atoms with Gasteiger partial charge in [-0.25, -0.2) is 4.98 Å². The standard InChI is InChI=1S/C29H27BClN5/c30-25-17-33-36-28(15-27(34-29(25)36)24-12-3-4-13-26(24)31)32-16-20-7-6-14-35(18-20)19-22-10-5-9-21-8-1-2-11-23(21)22/h1-5,8-13,15,17,20,32H,6-7,14,16,18-19H2. The van der Waals surface area contributed by atoms with Gasteiger partial charge in [0.1, 0.15) is 13.7 Å². The normalized spacial score (nSPS) is 16.5. The summed E-state index contributed by atoms with van der Waals surface area (Å²) in [5, 5.41) is 11.4. The number of likely N-dealkylation sites (tertiary alicyclic amines) is 1. The zero-order valence-electron chi connectivity index (χ0n) is 20.1. The highest BCUT2D eigenvalue weighted by atomic mass is 35.5. The number of piperidine rings is 1. The average Bonchev–Trinajstić information content (AvgIpc) is 3.29. The van der Waals surface area contributed by atoms with Crippen molar-refractivity contribution in [1.29, 1.82) is 0 Å². The van der Waals surface area contributed by atoms with Gasteiger partial charge in [-0.1, -0.05) is 72.3 Å². The molecule has 0 amide bonds. The van der Waals surface area contributed by atoms with E-state index in [1.165, 1.54) is 29.2 Å². The molecule has 0 saturated carbocycles. The predicted octanol–water partition coefficient (Wildman–Crippen LogP) is 5.32. The first-order valence-electron chi connectivity index (χ1n) is 12.5. The summed E-state index contributed by atoms with van der Waals surface area (Å²) in [6, 6.07) is 25.0. The summed E-state index contributed by atoms with van der Waals surface area (Å²) in [6.45, 7) is 4.02. The smallest absolute Gasteiger partial charge is 0.150 e. The Balaban J connectivity index is 1.20. The van der Waals surface area contributed by atoms with Crippen LogP contribution in [0.1, 0.15) is 18.4 Å². The molecule has 0 bridgehead atoms. The molecule has 1 aliphatic heterocycles. The Morgan fingerprint density at radius 3 is 2.78 bits per heavy atom. The first kappa shape index (κ1) is 23.1. The molecule has 5 aromatic rings. The number of nitrogens with zero attached hydrogens (tertiary/aromatic N) is 4. The summed E-state index contributed by atoms with van der Waals surface area (Å²) in [5.41, 5.74) is 4.24. The Morgan fingerprint density at radius 2 is 1.86 bits per heavy atom. The first-order valence-corrected chi connectivity index (χ1v) is 12.9. The number of hydrogen-bond acceptors (Lipinski definition) is 4. The lowest BCUT2D eigenvalue weighted by atomic mass is 9.96. The lowest BCUT2D eigenvalue weighted by molar-refractivity contribution is 0.174. The molecule has 0 aliphatic carbocycles. The summed E-state index contributed by atoms with van der Waals surface area (Å²) < 4.78 is 1.78. The van der Waals surface area contributed by atoms with Crippen molar-refractivity contribution in [3.63, 3.8) is 0 Å². The van der Waals surface area contributed by atoms with Gasteiger partial charge in [0.15, 0.2) is 5.65 Å². The van der Waals surface area contributed by atoms with Crippen LogP contribution >= 0.6 is 11.6 Å². The summed E-state index contributed by atoms with van der Waals surface area (Å²) in [5.74, 6) is 1.41. The Kier molecular flexibility index (Phi) is 6.38. The lowest BCUT2D eigenvalue weighted by Crippen LogP contribution is -2.37. The number of halogens is 1. The Bertz CT molecular complexity index is 1530. The molecule has 5 nitrogen and oxygen atoms in total. The zero-order valence-corrected chi connectivity index (χ0v) is 20.8. The highest BCUT2D eigenvalue weighted by Crippen LogP contribution is 2.29. The van der Waals surface area contributed by atoms with Gasteiger partial charge < -0.3 is 5.32 Å². The minimum atomic E-state index is 0.536. The first-order chi connectivity index (χ1) is 17.7. The van der Waals surface area contributed by atoms with Crippen molar-refractivity contribution in [2.75, 3.05) is 25.0 Å². The van der Waals surface area contributed by atoms with E-state index in [-0.39, 0.29) is 0 Å². The molecule has 1 atom stereocenters. The number of anilines is 1. The third kappa shape index (κ3) is 4.59. The van der Waals surface area contributed by atoms with E-state index in [1.807, 2.05) is 30.3 Å². The molecule has 3 aromatic carbocycles. The second-order valence-corrected chi connectivity index (χ2v) is 10.0. The highest BCUT2D eigenvalue weighted by Gasteiger charge is 2.21. The quantitative estimate of drug-likeness (QED) is 0.327. The molecule has 1 unspecified atom stereocenters. The number of benzene rings is 3. The predicted molar refractivity (Wildman–Crippen MR) is 149 cm³/mol. The molecule has 2 radical (unpaired) electrons. The van der Waals surface area contributed by atoms with Crippen molar-refractivity contribution < 1.29 is 0 Å². The second-order valence-electron chi connectivity index (χ2n) is 9.60. The highest BCUT2D eigenvalue weighted by molar-refractivity contribution is 6.36. The second kappa shape index (κ2) is 9.96. The van der Waals surface area contributed by atoms with E-state index in [2.05, 4.69) is 57.8 Å². The van der Waals surface area contributed by atoms with Gasteiger partial charge in [-0.15, -0.1) is 0 Å². The molecule has 6 rings (SSSR count). The van der Waals surface area contributed by atoms with E-state index in [4.69, 9.17) is 24.4 Å². The maximum atomic E-state index is 6.47. The van der Waals surface area contributed by atoms with Gasteiger partial charge in [0.2, 0.25) is 0 Å². The summed E-state index contributed by atoms with van der Waals surface area (Å²) in [4.78, 5) is 7.33. The third-order valence-electron chi connectivity index (χ3n) is 7.10. The molecule has 0 spiro atoms. The fraction of sp³-hybridized carbons (Fsp3) is 0.241. The van der Waals surface area contributed by atoms with Crippen molar-refractivity contribution >= 4 is 47.1 Å². The van der Waals surface area contributed by atoms with Crippen LogP contribution in [0.3, 0.4) is 0 Å². The number of aromatic nitrogens is 3. The van der Waals surface area contributed by atoms with Crippen LogP contribution in [0, 0.1) is 5.92 Å². The topological polar surface area (TPSA) is 45.5 Å². The fourth-order valence-corrected chi connectivity index (χ4v) is 5.53. The van der Waals surface area contributed by atoms with E-state index in [9.17, 15) is 0 Å². The number of fused-ring (bicyclic) bond motifs is 2. The Labute approximate surface area is 217 Å². The van der Waals surface area contributed by atoms with E-state index in [0.717, 1.165) is 43.3 Å². The Hall–Kier alpha value is -3.35. The fourth-order valence-electron chi connectivity index (χ4n) is 5.29. The largest absolute Gasteiger partial charge is 0.370 e. The van der Waals surface area contributed by atoms with Gasteiger partial charge in [0.25, 0.3) is 0 Å². The van der Waals surface area contributed by atoms with Gasteiger partial charge in [-0.05, 0) is 53.2 Å². The van der Waals surface area contributed by atoms with Crippen molar-refractivity contribution in [3.8, 4) is 11.3 Å². The molecule has 178 valence electrons. The van der Waals surface area contributed by atoms with E-state index < -0.39 is 0 Å². The molecular formula is C29H27BClN5. The summed E-state index contributed by atoms with van der Waals surface area (Å²) in [7, 11) is 6.19. The maximum Gasteiger partial charge on any atom is 0.150 e. The maximum absolute atomic E-state index is 6.47. The average molecular weight is 492 g/mol. The van der Waals surface area contributed by atoms with Crippen LogP contribution in [0.15, 0.2) is 79.0 Å². The van der Waals surface area contributed by atoms with Gasteiger partial charge >= 0.3 is 0 Å². The molecule has 2 aromatic heterocycles. The number of rotatable bonds is 6. The molecule has 3 heterocycles. The third-order valence-corrected chi connectivity index (χ3v) is 7.43. The summed E-state index contributed by atoms with van der Waals surface area (Å²) >= 11 is 6.47. The molecule has 36 heavy (non-hydrogen) atoms. The SMILES string of the molecule is [B]c1cnn2c(NCC3CCCN(Cc4cccc5ccccc45)C3)cc(-c3ccccc3Cl)nc12. The van der Waals surface area contributed by atoms with Crippen molar-refractivity contribution in [2.24, 2.45) is 5.92 Å². The van der Waals surface area contributed by atoms with Gasteiger partial charge in [0.05, 0.1) is 5.69 Å². The molecule has 1 N–H and O–H groups in total. The minimum Gasteiger partial charge on any atom is -0.370 e. The van der Waals surface area contributed by atoms with Crippen molar-refractivity contribution in [2.45, 2.75) is 19.4 Å². The van der Waals surface area contributed by atoms with Crippen LogP contribution < -0.4 is 10.8 Å². The van der Waals surface area contributed by atoms with Crippen molar-refractivity contribution in [1.82, 2.24) is 19.5 Å². The molecule has 1 aliphatic rings. The molecule has 7 heteroatoms. The van der Waals surface area contributed by atoms with Gasteiger partial charge in [-0.2, -0.15) is 9.61 Å². The molecule has 1 saturated heterocycles. The number of hydrogen-bond donors (Lipinski definition) is 1. The minimum absolute atomic E-state index is 0.536. The van der Waals surface area contributed by atoms with Crippen LogP contribution in [-0.2, 0) is 6.54 Å². The summed E-state index contributed by atoms with van der Waals surface area (Å²) in [6.07, 6.45) is 4.05. The number of nitrogens with one attached hydrogen (secondary N) is 1. The monoisotopic (exact) mass is 491 g/mol. The van der Waals surface area contributed by atoms with Crippen LogP contribution in [0.25, 0.3) is 27.7 Å². The van der Waals surface area contributed by atoms with Gasteiger partial charge in [-0.3, -0.25) is 4.90 Å². The van der Waals surface area contributed by atoms with Crippen LogP contribution in [0.2, 0.25) is 5.02 Å². The van der Waals surface area contributed by atoms with Crippen LogP contribution in [0.4, 0.5) is 5.82 Å². The lowest BCUT2D eigenvalue weighted by Gasteiger charge is -2.33. The van der Waals surface area contributed by atoms with Gasteiger partial charge in [0, 0.05) is 42.5 Å². The van der Waals surface area contributed by atoms with Crippen LogP contribution in [0.5, 0.6) is 0 Å². The Morgan fingerprint density at radius 1 is 1.03 bits per heavy atom. The van der Waals surface area contributed by atoms with E-state index in [1.54, 1.807) is 10.7 Å².